The van der Waals surface area contributed by atoms with Gasteiger partial charge in [0.25, 0.3) is 0 Å². The molecule has 3 aromatic rings. The summed E-state index contributed by atoms with van der Waals surface area (Å²) >= 11 is 0. The molecule has 3 rings (SSSR count). The molecule has 146 valence electrons. The second-order valence-electron chi connectivity index (χ2n) is 6.08. The van der Waals surface area contributed by atoms with Crippen molar-refractivity contribution in [1.29, 1.82) is 0 Å². The van der Waals surface area contributed by atoms with Gasteiger partial charge in [0.1, 0.15) is 11.6 Å². The fraction of sp³-hybridized carbons (Fsp3) is 0.150. The summed E-state index contributed by atoms with van der Waals surface area (Å²) in [7, 11) is -3.47. The van der Waals surface area contributed by atoms with E-state index in [4.69, 9.17) is 4.74 Å². The molecule has 0 saturated carbocycles. The molecule has 1 N–H and O–H groups in total. The van der Waals surface area contributed by atoms with Crippen LogP contribution in [0.4, 0.5) is 14.5 Å². The van der Waals surface area contributed by atoms with Gasteiger partial charge in [0.05, 0.1) is 5.75 Å². The normalized spacial score (nSPS) is 11.3. The Kier molecular flexibility index (Phi) is 5.60. The molecule has 0 amide bonds. The average molecular weight is 404 g/mol. The third kappa shape index (κ3) is 4.64. The van der Waals surface area contributed by atoms with Gasteiger partial charge in [0.2, 0.25) is 10.0 Å². The molecule has 2 aromatic carbocycles. The molecule has 0 unspecified atom stereocenters. The van der Waals surface area contributed by atoms with Crippen LogP contribution >= 0.6 is 0 Å². The minimum Gasteiger partial charge on any atom is -0.454 e. The van der Waals surface area contributed by atoms with Gasteiger partial charge < -0.3 is 4.74 Å². The number of sulfonamides is 1. The Morgan fingerprint density at radius 2 is 1.79 bits per heavy atom. The van der Waals surface area contributed by atoms with Gasteiger partial charge in [0, 0.05) is 29.2 Å². The highest BCUT2D eigenvalue weighted by Crippen LogP contribution is 2.36. The Morgan fingerprint density at radius 1 is 1.04 bits per heavy atom. The predicted molar refractivity (Wildman–Crippen MR) is 104 cm³/mol. The molecule has 0 aliphatic carbocycles. The molecule has 8 heteroatoms. The smallest absolute Gasteiger partial charge is 0.232 e. The standard InChI is InChI=1S/C20H18F2N2O3S/c1-3-28(25,26)24-16-5-7-19(27-20-6-4-15(21)11-18(20)22)17(12-16)14-8-9-23-13(2)10-14/h4-12,24H,3H2,1-2H3. The van der Waals surface area contributed by atoms with Crippen LogP contribution in [0.1, 0.15) is 12.6 Å². The van der Waals surface area contributed by atoms with Crippen molar-refractivity contribution in [3.8, 4) is 22.6 Å². The summed E-state index contributed by atoms with van der Waals surface area (Å²) in [5.74, 6) is -1.48. The van der Waals surface area contributed by atoms with Crippen LogP contribution in [-0.2, 0) is 10.0 Å². The molecule has 1 aromatic heterocycles. The van der Waals surface area contributed by atoms with Crippen molar-refractivity contribution in [2.75, 3.05) is 10.5 Å². The van der Waals surface area contributed by atoms with Crippen molar-refractivity contribution < 1.29 is 21.9 Å². The molecule has 5 nitrogen and oxygen atoms in total. The van der Waals surface area contributed by atoms with Gasteiger partial charge in [-0.2, -0.15) is 0 Å². The number of pyridine rings is 1. The minimum atomic E-state index is -3.47. The quantitative estimate of drug-likeness (QED) is 0.635. The Labute approximate surface area is 162 Å². The number of nitrogens with zero attached hydrogens (tertiary/aromatic N) is 1. The van der Waals surface area contributed by atoms with Gasteiger partial charge in [-0.1, -0.05) is 0 Å². The van der Waals surface area contributed by atoms with Crippen LogP contribution < -0.4 is 9.46 Å². The molecule has 28 heavy (non-hydrogen) atoms. The molecule has 1 heterocycles. The number of anilines is 1. The van der Waals surface area contributed by atoms with E-state index in [0.29, 0.717) is 16.8 Å². The van der Waals surface area contributed by atoms with Crippen molar-refractivity contribution >= 4 is 15.7 Å². The number of halogens is 2. The fourth-order valence-corrected chi connectivity index (χ4v) is 3.18. The lowest BCUT2D eigenvalue weighted by Gasteiger charge is -2.15. The number of ether oxygens (including phenoxy) is 1. The first kappa shape index (κ1) is 19.8. The Balaban J connectivity index is 2.08. The van der Waals surface area contributed by atoms with Crippen LogP contribution in [0.3, 0.4) is 0 Å². The molecule has 0 fully saturated rings. The molecule has 0 aliphatic rings. The summed E-state index contributed by atoms with van der Waals surface area (Å²) in [6.45, 7) is 3.34. The van der Waals surface area contributed by atoms with E-state index in [1.54, 1.807) is 24.4 Å². The summed E-state index contributed by atoms with van der Waals surface area (Å²) < 4.78 is 59.1. The number of aromatic nitrogens is 1. The molecular weight excluding hydrogens is 386 g/mol. The van der Waals surface area contributed by atoms with Gasteiger partial charge in [-0.3, -0.25) is 9.71 Å². The summed E-state index contributed by atoms with van der Waals surface area (Å²) in [6, 6.07) is 11.2. The molecule has 0 spiro atoms. The van der Waals surface area contributed by atoms with E-state index in [-0.39, 0.29) is 17.3 Å². The van der Waals surface area contributed by atoms with Gasteiger partial charge >= 0.3 is 0 Å². The van der Waals surface area contributed by atoms with Crippen LogP contribution in [-0.4, -0.2) is 19.2 Å². The SMILES string of the molecule is CCS(=O)(=O)Nc1ccc(Oc2ccc(F)cc2F)c(-c2ccnc(C)c2)c1. The highest BCUT2D eigenvalue weighted by atomic mass is 32.2. The third-order valence-corrected chi connectivity index (χ3v) is 5.26. The summed E-state index contributed by atoms with van der Waals surface area (Å²) in [5, 5.41) is 0. The highest BCUT2D eigenvalue weighted by molar-refractivity contribution is 7.92. The van der Waals surface area contributed by atoms with E-state index < -0.39 is 21.7 Å². The van der Waals surface area contributed by atoms with Crippen LogP contribution in [0.15, 0.2) is 54.7 Å². The van der Waals surface area contributed by atoms with Crippen LogP contribution in [0.5, 0.6) is 11.5 Å². The lowest BCUT2D eigenvalue weighted by atomic mass is 10.0. The maximum Gasteiger partial charge on any atom is 0.232 e. The zero-order valence-electron chi connectivity index (χ0n) is 15.2. The topological polar surface area (TPSA) is 68.3 Å². The van der Waals surface area contributed by atoms with E-state index in [2.05, 4.69) is 9.71 Å². The van der Waals surface area contributed by atoms with E-state index in [9.17, 15) is 17.2 Å². The number of hydrogen-bond donors (Lipinski definition) is 1. The second kappa shape index (κ2) is 7.93. The number of rotatable bonds is 6. The zero-order chi connectivity index (χ0) is 20.3. The van der Waals surface area contributed by atoms with Crippen LogP contribution in [0.25, 0.3) is 11.1 Å². The first-order valence-corrected chi connectivity index (χ1v) is 10.1. The molecule has 0 atom stereocenters. The van der Waals surface area contributed by atoms with Gasteiger partial charge in [-0.25, -0.2) is 17.2 Å². The highest BCUT2D eigenvalue weighted by Gasteiger charge is 2.14. The van der Waals surface area contributed by atoms with Crippen molar-refractivity contribution in [1.82, 2.24) is 4.98 Å². The zero-order valence-corrected chi connectivity index (χ0v) is 16.1. The van der Waals surface area contributed by atoms with Crippen molar-refractivity contribution in [3.05, 3.63) is 72.1 Å². The summed E-state index contributed by atoms with van der Waals surface area (Å²) in [4.78, 5) is 4.14. The maximum absolute atomic E-state index is 14.0. The van der Waals surface area contributed by atoms with Crippen LogP contribution in [0, 0.1) is 18.6 Å². The van der Waals surface area contributed by atoms with E-state index in [1.807, 2.05) is 6.92 Å². The largest absolute Gasteiger partial charge is 0.454 e. The predicted octanol–water partition coefficient (Wildman–Crippen LogP) is 4.89. The first-order valence-electron chi connectivity index (χ1n) is 8.48. The molecule has 0 aliphatic heterocycles. The van der Waals surface area contributed by atoms with Gasteiger partial charge in [-0.15, -0.1) is 0 Å². The Bertz CT molecular complexity index is 1120. The number of nitrogens with one attached hydrogen (secondary N) is 1. The van der Waals surface area contributed by atoms with Crippen LogP contribution in [0.2, 0.25) is 0 Å². The lowest BCUT2D eigenvalue weighted by molar-refractivity contribution is 0.439. The number of benzene rings is 2. The van der Waals surface area contributed by atoms with Crippen molar-refractivity contribution in [2.24, 2.45) is 0 Å². The summed E-state index contributed by atoms with van der Waals surface area (Å²) in [5.41, 5.74) is 2.34. The van der Waals surface area contributed by atoms with Gasteiger partial charge in [-0.05, 0) is 61.9 Å². The fourth-order valence-electron chi connectivity index (χ4n) is 2.55. The molecular formula is C20H18F2N2O3S. The second-order valence-corrected chi connectivity index (χ2v) is 8.09. The molecule has 0 saturated heterocycles. The number of hydrogen-bond acceptors (Lipinski definition) is 4. The van der Waals surface area contributed by atoms with Crippen molar-refractivity contribution in [3.63, 3.8) is 0 Å². The van der Waals surface area contributed by atoms with E-state index in [0.717, 1.165) is 17.8 Å². The lowest BCUT2D eigenvalue weighted by Crippen LogP contribution is -2.14. The number of aryl methyl sites for hydroxylation is 1. The molecule has 0 bridgehead atoms. The maximum atomic E-state index is 14.0. The minimum absolute atomic E-state index is 0.0737. The van der Waals surface area contributed by atoms with Gasteiger partial charge in [0.15, 0.2) is 11.6 Å². The summed E-state index contributed by atoms with van der Waals surface area (Å²) in [6.07, 6.45) is 1.61. The third-order valence-electron chi connectivity index (χ3n) is 3.95. The Morgan fingerprint density at radius 3 is 2.46 bits per heavy atom. The average Bonchev–Trinajstić information content (AvgIpc) is 2.65. The monoisotopic (exact) mass is 404 g/mol. The van der Waals surface area contributed by atoms with E-state index >= 15 is 0 Å². The van der Waals surface area contributed by atoms with E-state index in [1.165, 1.54) is 25.1 Å². The van der Waals surface area contributed by atoms with Crippen molar-refractivity contribution in [2.45, 2.75) is 13.8 Å². The molecule has 0 radical (unpaired) electrons. The first-order chi connectivity index (χ1) is 13.3. The Hall–Kier alpha value is -3.00.